The van der Waals surface area contributed by atoms with Gasteiger partial charge in [0.15, 0.2) is 0 Å². The molecule has 3 rings (SSSR count). The third-order valence-electron chi connectivity index (χ3n) is 3.62. The molecular weight excluding hydrogens is 232 g/mol. The average Bonchev–Trinajstić information content (AvgIpc) is 2.80. The van der Waals surface area contributed by atoms with Crippen LogP contribution in [0.3, 0.4) is 0 Å². The summed E-state index contributed by atoms with van der Waals surface area (Å²) in [7, 11) is 0. The van der Waals surface area contributed by atoms with Gasteiger partial charge in [0.2, 0.25) is 0 Å². The lowest BCUT2D eigenvalue weighted by molar-refractivity contribution is 0.127. The molecule has 5 nitrogen and oxygen atoms in total. The van der Waals surface area contributed by atoms with Crippen LogP contribution in [0.25, 0.3) is 10.8 Å². The van der Waals surface area contributed by atoms with E-state index in [2.05, 4.69) is 5.10 Å². The first-order valence-corrected chi connectivity index (χ1v) is 6.10. The molecule has 94 valence electrons. The quantitative estimate of drug-likeness (QED) is 0.780. The molecule has 2 aromatic rings. The van der Waals surface area contributed by atoms with Gasteiger partial charge in [-0.15, -0.1) is 0 Å². The number of fused-ring (bicyclic) bond motifs is 1. The Morgan fingerprint density at radius 1 is 1.17 bits per heavy atom. The molecular formula is C13H14N2O3. The molecule has 1 aromatic heterocycles. The van der Waals surface area contributed by atoms with Gasteiger partial charge in [-0.2, -0.15) is 0 Å². The van der Waals surface area contributed by atoms with Gasteiger partial charge >= 0.3 is 0 Å². The number of nitrogens with zero attached hydrogens (tertiary/aromatic N) is 1. The Morgan fingerprint density at radius 3 is 2.56 bits per heavy atom. The number of H-pyrrole nitrogens is 1. The smallest absolute Gasteiger partial charge is 0.273 e. The Hall–Kier alpha value is -1.88. The third kappa shape index (κ3) is 1.59. The average molecular weight is 246 g/mol. The minimum Gasteiger partial charge on any atom is -0.391 e. The van der Waals surface area contributed by atoms with E-state index in [0.29, 0.717) is 17.2 Å². The van der Waals surface area contributed by atoms with Crippen molar-refractivity contribution in [2.45, 2.75) is 31.4 Å². The molecule has 0 bridgehead atoms. The molecule has 2 N–H and O–H groups in total. The summed E-state index contributed by atoms with van der Waals surface area (Å²) in [4.78, 5) is 24.2. The van der Waals surface area contributed by atoms with Crippen molar-refractivity contribution in [2.75, 3.05) is 0 Å². The molecule has 1 heterocycles. The van der Waals surface area contributed by atoms with Crippen LogP contribution in [0.2, 0.25) is 0 Å². The van der Waals surface area contributed by atoms with Crippen LogP contribution < -0.4 is 11.1 Å². The van der Waals surface area contributed by atoms with Gasteiger partial charge < -0.3 is 5.11 Å². The standard InChI is InChI=1S/C13H14N2O3/c16-11-7-3-6-10(11)15-13(18)9-5-2-1-4-8(9)12(17)14-15/h1-2,4-5,10-11,16H,3,6-7H2,(H,14,17)/t10-,11-/m0/s1. The van der Waals surface area contributed by atoms with Crippen molar-refractivity contribution >= 4 is 10.8 Å². The Bertz CT molecular complexity index is 701. The first-order chi connectivity index (χ1) is 8.68. The number of hydrogen-bond acceptors (Lipinski definition) is 3. The van der Waals surface area contributed by atoms with E-state index in [0.717, 1.165) is 12.8 Å². The van der Waals surface area contributed by atoms with Gasteiger partial charge in [-0.1, -0.05) is 12.1 Å². The van der Waals surface area contributed by atoms with E-state index in [4.69, 9.17) is 0 Å². The number of nitrogens with one attached hydrogen (secondary N) is 1. The highest BCUT2D eigenvalue weighted by Gasteiger charge is 2.28. The number of benzene rings is 1. The van der Waals surface area contributed by atoms with Crippen molar-refractivity contribution in [3.63, 3.8) is 0 Å². The van der Waals surface area contributed by atoms with E-state index in [1.54, 1.807) is 24.3 Å². The summed E-state index contributed by atoms with van der Waals surface area (Å²) in [6.07, 6.45) is 1.70. The zero-order chi connectivity index (χ0) is 12.7. The van der Waals surface area contributed by atoms with Gasteiger partial charge in [-0.3, -0.25) is 14.7 Å². The van der Waals surface area contributed by atoms with Gasteiger partial charge in [0.05, 0.1) is 22.9 Å². The van der Waals surface area contributed by atoms with Crippen LogP contribution >= 0.6 is 0 Å². The second kappa shape index (κ2) is 4.10. The fourth-order valence-electron chi connectivity index (χ4n) is 2.67. The third-order valence-corrected chi connectivity index (χ3v) is 3.62. The molecule has 1 aliphatic carbocycles. The number of rotatable bonds is 1. The molecule has 0 saturated heterocycles. The van der Waals surface area contributed by atoms with Crippen LogP contribution in [-0.2, 0) is 0 Å². The van der Waals surface area contributed by atoms with Crippen LogP contribution in [-0.4, -0.2) is 21.0 Å². The largest absolute Gasteiger partial charge is 0.391 e. The summed E-state index contributed by atoms with van der Waals surface area (Å²) in [5, 5.41) is 13.2. The van der Waals surface area contributed by atoms with E-state index < -0.39 is 6.10 Å². The maximum absolute atomic E-state index is 12.3. The summed E-state index contributed by atoms with van der Waals surface area (Å²) in [5.41, 5.74) is -0.527. The molecule has 1 fully saturated rings. The highest BCUT2D eigenvalue weighted by Crippen LogP contribution is 2.28. The van der Waals surface area contributed by atoms with Crippen molar-refractivity contribution in [1.82, 2.24) is 9.78 Å². The number of aliphatic hydroxyl groups is 1. The molecule has 2 atom stereocenters. The lowest BCUT2D eigenvalue weighted by Gasteiger charge is -2.17. The Morgan fingerprint density at radius 2 is 1.89 bits per heavy atom. The zero-order valence-corrected chi connectivity index (χ0v) is 9.80. The Labute approximate surface area is 103 Å². The second-order valence-corrected chi connectivity index (χ2v) is 4.73. The summed E-state index contributed by atoms with van der Waals surface area (Å²) in [6, 6.07) is 6.43. The zero-order valence-electron chi connectivity index (χ0n) is 9.80. The van der Waals surface area contributed by atoms with E-state index in [9.17, 15) is 14.7 Å². The summed E-state index contributed by atoms with van der Waals surface area (Å²) in [5.74, 6) is 0. The lowest BCUT2D eigenvalue weighted by Crippen LogP contribution is -2.35. The normalized spacial score (nSPS) is 23.6. The van der Waals surface area contributed by atoms with Crippen LogP contribution in [0.1, 0.15) is 25.3 Å². The number of aliphatic hydroxyl groups excluding tert-OH is 1. The van der Waals surface area contributed by atoms with Crippen LogP contribution in [0.4, 0.5) is 0 Å². The van der Waals surface area contributed by atoms with Crippen LogP contribution in [0, 0.1) is 0 Å². The monoisotopic (exact) mass is 246 g/mol. The molecule has 5 heteroatoms. The fourth-order valence-corrected chi connectivity index (χ4v) is 2.67. The summed E-state index contributed by atoms with van der Waals surface area (Å²) >= 11 is 0. The molecule has 1 aliphatic rings. The molecule has 1 saturated carbocycles. The predicted octanol–water partition coefficient (Wildman–Crippen LogP) is 0.776. The number of hydrogen-bond donors (Lipinski definition) is 2. The molecule has 0 spiro atoms. The van der Waals surface area contributed by atoms with Crippen LogP contribution in [0.15, 0.2) is 33.9 Å². The van der Waals surface area contributed by atoms with Crippen molar-refractivity contribution < 1.29 is 5.11 Å². The molecule has 18 heavy (non-hydrogen) atoms. The predicted molar refractivity (Wildman–Crippen MR) is 67.7 cm³/mol. The van der Waals surface area contributed by atoms with Gasteiger partial charge in [0.25, 0.3) is 11.1 Å². The molecule has 0 radical (unpaired) electrons. The minimum atomic E-state index is -0.556. The van der Waals surface area contributed by atoms with Gasteiger partial charge in [0, 0.05) is 0 Å². The maximum atomic E-state index is 12.3. The lowest BCUT2D eigenvalue weighted by atomic mass is 10.2. The van der Waals surface area contributed by atoms with E-state index in [1.165, 1.54) is 4.68 Å². The topological polar surface area (TPSA) is 75.1 Å². The molecule has 0 unspecified atom stereocenters. The number of aromatic nitrogens is 2. The van der Waals surface area contributed by atoms with Crippen molar-refractivity contribution in [2.24, 2.45) is 0 Å². The minimum absolute atomic E-state index is 0.240. The summed E-state index contributed by atoms with van der Waals surface area (Å²) in [6.45, 7) is 0. The van der Waals surface area contributed by atoms with Gasteiger partial charge in [-0.25, -0.2) is 4.68 Å². The maximum Gasteiger partial charge on any atom is 0.273 e. The van der Waals surface area contributed by atoms with E-state index in [1.807, 2.05) is 0 Å². The van der Waals surface area contributed by atoms with Gasteiger partial charge in [-0.05, 0) is 31.4 Å². The molecule has 1 aromatic carbocycles. The van der Waals surface area contributed by atoms with Crippen molar-refractivity contribution in [3.8, 4) is 0 Å². The second-order valence-electron chi connectivity index (χ2n) is 4.73. The first-order valence-electron chi connectivity index (χ1n) is 6.10. The van der Waals surface area contributed by atoms with Gasteiger partial charge in [0.1, 0.15) is 0 Å². The highest BCUT2D eigenvalue weighted by molar-refractivity contribution is 5.80. The molecule has 0 aliphatic heterocycles. The van der Waals surface area contributed by atoms with Crippen molar-refractivity contribution in [3.05, 3.63) is 45.0 Å². The Kier molecular flexibility index (Phi) is 2.56. The first kappa shape index (κ1) is 11.2. The Balaban J connectivity index is 2.28. The summed E-state index contributed by atoms with van der Waals surface area (Å²) < 4.78 is 1.29. The van der Waals surface area contributed by atoms with E-state index >= 15 is 0 Å². The fraction of sp³-hybridized carbons (Fsp3) is 0.385. The SMILES string of the molecule is O=c1[nH]n([C@H]2CCC[C@@H]2O)c(=O)c2ccccc12. The highest BCUT2D eigenvalue weighted by atomic mass is 16.3. The van der Waals surface area contributed by atoms with Crippen LogP contribution in [0.5, 0.6) is 0 Å². The van der Waals surface area contributed by atoms with Crippen molar-refractivity contribution in [1.29, 1.82) is 0 Å². The molecule has 0 amide bonds. The van der Waals surface area contributed by atoms with E-state index in [-0.39, 0.29) is 17.2 Å². The number of aromatic amines is 1.